The maximum atomic E-state index is 12.8. The van der Waals surface area contributed by atoms with E-state index >= 15 is 0 Å². The van der Waals surface area contributed by atoms with E-state index in [1.54, 1.807) is 0 Å². The smallest absolute Gasteiger partial charge is 0.416 e. The molecular formula is C11H12BrF3O2. The molecule has 1 N–H and O–H groups in total. The van der Waals surface area contributed by atoms with Crippen LogP contribution < -0.4 is 4.74 Å². The van der Waals surface area contributed by atoms with Crippen LogP contribution in [0.2, 0.25) is 0 Å². The van der Waals surface area contributed by atoms with E-state index in [-0.39, 0.29) is 17.9 Å². The third kappa shape index (κ3) is 3.13. The Bertz CT molecular complexity index is 404. The number of aliphatic hydroxyl groups excluding tert-OH is 1. The van der Waals surface area contributed by atoms with Crippen LogP contribution >= 0.6 is 15.9 Å². The molecule has 0 aliphatic rings. The molecule has 0 spiro atoms. The lowest BCUT2D eigenvalue weighted by Gasteiger charge is -2.18. The molecule has 1 aromatic carbocycles. The molecule has 0 saturated carbocycles. The third-order valence-corrected chi connectivity index (χ3v) is 3.05. The second kappa shape index (κ2) is 5.27. The second-order valence-electron chi connectivity index (χ2n) is 3.66. The Kier molecular flexibility index (Phi) is 4.43. The van der Waals surface area contributed by atoms with Crippen molar-refractivity contribution in [3.05, 3.63) is 27.7 Å². The highest BCUT2D eigenvalue weighted by Crippen LogP contribution is 2.40. The van der Waals surface area contributed by atoms with Gasteiger partial charge in [-0.2, -0.15) is 13.2 Å². The minimum absolute atomic E-state index is 0.0488. The van der Waals surface area contributed by atoms with Gasteiger partial charge in [0.25, 0.3) is 0 Å². The van der Waals surface area contributed by atoms with Crippen molar-refractivity contribution in [2.45, 2.75) is 19.0 Å². The molecular weight excluding hydrogens is 301 g/mol. The topological polar surface area (TPSA) is 29.5 Å². The van der Waals surface area contributed by atoms with E-state index in [9.17, 15) is 13.2 Å². The van der Waals surface area contributed by atoms with Crippen molar-refractivity contribution in [1.82, 2.24) is 0 Å². The standard InChI is InChI=1S/C11H12BrF3O2/c1-6(5-16)7-3-9(12)10(17-2)4-8(7)11(13,14)15/h3-4,6,16H,5H2,1-2H3. The average molecular weight is 313 g/mol. The summed E-state index contributed by atoms with van der Waals surface area (Å²) in [6.45, 7) is 1.19. The number of halogens is 4. The van der Waals surface area contributed by atoms with Crippen LogP contribution in [0.5, 0.6) is 5.75 Å². The second-order valence-corrected chi connectivity index (χ2v) is 4.51. The van der Waals surface area contributed by atoms with Crippen molar-refractivity contribution < 1.29 is 23.0 Å². The monoisotopic (exact) mass is 312 g/mol. The number of alkyl halides is 3. The molecule has 0 aliphatic carbocycles. The molecule has 1 atom stereocenters. The molecule has 0 heterocycles. The Morgan fingerprint density at radius 2 is 2.00 bits per heavy atom. The first-order valence-corrected chi connectivity index (χ1v) is 5.66. The van der Waals surface area contributed by atoms with Crippen molar-refractivity contribution in [3.63, 3.8) is 0 Å². The van der Waals surface area contributed by atoms with Gasteiger partial charge < -0.3 is 9.84 Å². The van der Waals surface area contributed by atoms with Crippen molar-refractivity contribution in [3.8, 4) is 5.75 Å². The molecule has 0 radical (unpaired) electrons. The van der Waals surface area contributed by atoms with Gasteiger partial charge in [-0.1, -0.05) is 6.92 Å². The Morgan fingerprint density at radius 3 is 2.41 bits per heavy atom. The Balaban J connectivity index is 3.42. The van der Waals surface area contributed by atoms with Crippen molar-refractivity contribution in [2.75, 3.05) is 13.7 Å². The zero-order chi connectivity index (χ0) is 13.2. The van der Waals surface area contributed by atoms with Gasteiger partial charge in [0.05, 0.1) is 17.1 Å². The maximum Gasteiger partial charge on any atom is 0.416 e. The third-order valence-electron chi connectivity index (χ3n) is 2.43. The predicted octanol–water partition coefficient (Wildman–Crippen LogP) is 3.57. The highest BCUT2D eigenvalue weighted by molar-refractivity contribution is 9.10. The minimum atomic E-state index is -4.47. The summed E-state index contributed by atoms with van der Waals surface area (Å²) < 4.78 is 43.8. The van der Waals surface area contributed by atoms with Crippen LogP contribution in [0.4, 0.5) is 13.2 Å². The van der Waals surface area contributed by atoms with Crippen LogP contribution in [0, 0.1) is 0 Å². The maximum absolute atomic E-state index is 12.8. The molecule has 1 rings (SSSR count). The van der Waals surface area contributed by atoms with Crippen LogP contribution in [-0.2, 0) is 6.18 Å². The molecule has 6 heteroatoms. The lowest BCUT2D eigenvalue weighted by molar-refractivity contribution is -0.138. The molecule has 2 nitrogen and oxygen atoms in total. The van der Waals surface area contributed by atoms with Crippen LogP contribution in [0.15, 0.2) is 16.6 Å². The Hall–Kier alpha value is -0.750. The number of aliphatic hydroxyl groups is 1. The summed E-state index contributed by atoms with van der Waals surface area (Å²) in [5.74, 6) is -0.472. The molecule has 0 aromatic heterocycles. The number of hydrogen-bond acceptors (Lipinski definition) is 2. The van der Waals surface area contributed by atoms with Gasteiger partial charge in [0.15, 0.2) is 0 Å². The van der Waals surface area contributed by atoms with Crippen LogP contribution in [0.1, 0.15) is 24.0 Å². The molecule has 0 aliphatic heterocycles. The van der Waals surface area contributed by atoms with E-state index in [1.807, 2.05) is 0 Å². The van der Waals surface area contributed by atoms with E-state index in [2.05, 4.69) is 15.9 Å². The lowest BCUT2D eigenvalue weighted by atomic mass is 9.95. The van der Waals surface area contributed by atoms with E-state index in [0.717, 1.165) is 6.07 Å². The number of rotatable bonds is 3. The highest BCUT2D eigenvalue weighted by Gasteiger charge is 2.35. The number of benzene rings is 1. The fourth-order valence-electron chi connectivity index (χ4n) is 1.48. The molecule has 1 unspecified atom stereocenters. The first kappa shape index (κ1) is 14.3. The predicted molar refractivity (Wildman–Crippen MR) is 61.2 cm³/mol. The average Bonchev–Trinajstić information content (AvgIpc) is 2.26. The fourth-order valence-corrected chi connectivity index (χ4v) is 2.00. The lowest BCUT2D eigenvalue weighted by Crippen LogP contribution is -2.13. The Labute approximate surface area is 106 Å². The van der Waals surface area contributed by atoms with Gasteiger partial charge in [0, 0.05) is 12.5 Å². The number of ether oxygens (including phenoxy) is 1. The molecule has 0 fully saturated rings. The summed E-state index contributed by atoms with van der Waals surface area (Å²) >= 11 is 3.13. The fraction of sp³-hybridized carbons (Fsp3) is 0.455. The quantitative estimate of drug-likeness (QED) is 0.924. The van der Waals surface area contributed by atoms with Crippen molar-refractivity contribution in [2.24, 2.45) is 0 Å². The van der Waals surface area contributed by atoms with Gasteiger partial charge in [-0.3, -0.25) is 0 Å². The Morgan fingerprint density at radius 1 is 1.41 bits per heavy atom. The zero-order valence-corrected chi connectivity index (χ0v) is 10.9. The first-order valence-electron chi connectivity index (χ1n) is 4.86. The summed E-state index contributed by atoms with van der Waals surface area (Å²) in [4.78, 5) is 0. The summed E-state index contributed by atoms with van der Waals surface area (Å²) in [5.41, 5.74) is -0.730. The summed E-state index contributed by atoms with van der Waals surface area (Å²) in [7, 11) is 1.30. The SMILES string of the molecule is COc1cc(C(F)(F)F)c(C(C)CO)cc1Br. The largest absolute Gasteiger partial charge is 0.496 e. The van der Waals surface area contributed by atoms with Gasteiger partial charge in [-0.05, 0) is 33.6 Å². The summed E-state index contributed by atoms with van der Waals surface area (Å²) in [6.07, 6.45) is -4.47. The van der Waals surface area contributed by atoms with Crippen LogP contribution in [-0.4, -0.2) is 18.8 Å². The molecule has 1 aromatic rings. The number of methoxy groups -OCH3 is 1. The minimum Gasteiger partial charge on any atom is -0.496 e. The van der Waals surface area contributed by atoms with E-state index in [4.69, 9.17) is 9.84 Å². The molecule has 17 heavy (non-hydrogen) atoms. The zero-order valence-electron chi connectivity index (χ0n) is 9.31. The molecule has 96 valence electrons. The molecule has 0 saturated heterocycles. The summed E-state index contributed by atoms with van der Waals surface area (Å²) in [5, 5.41) is 8.98. The van der Waals surface area contributed by atoms with Gasteiger partial charge in [-0.15, -0.1) is 0 Å². The highest BCUT2D eigenvalue weighted by atomic mass is 79.9. The van der Waals surface area contributed by atoms with Crippen molar-refractivity contribution in [1.29, 1.82) is 0 Å². The number of hydrogen-bond donors (Lipinski definition) is 1. The van der Waals surface area contributed by atoms with E-state index in [1.165, 1.54) is 20.1 Å². The summed E-state index contributed by atoms with van der Waals surface area (Å²) in [6, 6.07) is 2.27. The van der Waals surface area contributed by atoms with Gasteiger partial charge in [0.2, 0.25) is 0 Å². The van der Waals surface area contributed by atoms with E-state index in [0.29, 0.717) is 4.47 Å². The van der Waals surface area contributed by atoms with Crippen LogP contribution in [0.3, 0.4) is 0 Å². The van der Waals surface area contributed by atoms with Crippen LogP contribution in [0.25, 0.3) is 0 Å². The van der Waals surface area contributed by atoms with Gasteiger partial charge >= 0.3 is 6.18 Å². The van der Waals surface area contributed by atoms with Gasteiger partial charge in [0.1, 0.15) is 5.75 Å². The normalized spacial score (nSPS) is 13.6. The molecule has 0 bridgehead atoms. The van der Waals surface area contributed by atoms with Crippen molar-refractivity contribution >= 4 is 15.9 Å². The molecule has 0 amide bonds. The van der Waals surface area contributed by atoms with Gasteiger partial charge in [-0.25, -0.2) is 0 Å². The first-order chi connectivity index (χ1) is 7.81. The van der Waals surface area contributed by atoms with E-state index < -0.39 is 17.7 Å².